The molecule has 0 aromatic rings. The third kappa shape index (κ3) is 3.36. The molecule has 0 aromatic carbocycles. The van der Waals surface area contributed by atoms with Crippen molar-refractivity contribution in [1.82, 2.24) is 9.80 Å². The van der Waals surface area contributed by atoms with Crippen LogP contribution in [0, 0.1) is 0 Å². The Morgan fingerprint density at radius 3 is 1.23 bits per heavy atom. The molecule has 26 heavy (non-hydrogen) atoms. The van der Waals surface area contributed by atoms with E-state index in [0.717, 1.165) is 12.8 Å². The van der Waals surface area contributed by atoms with E-state index in [1.54, 1.807) is 41.5 Å². The van der Waals surface area contributed by atoms with Crippen molar-refractivity contribution in [3.05, 3.63) is 0 Å². The predicted octanol–water partition coefficient (Wildman–Crippen LogP) is 2.43. The molecular formula is C18H32N2O6. The first-order valence-electron chi connectivity index (χ1n) is 9.20. The highest BCUT2D eigenvalue weighted by Gasteiger charge is 2.57. The number of carbonyl (C=O) groups excluding carboxylic acids is 2. The number of nitrogens with zero attached hydrogens (tertiary/aromatic N) is 2. The van der Waals surface area contributed by atoms with Crippen LogP contribution in [0.3, 0.4) is 0 Å². The van der Waals surface area contributed by atoms with Crippen LogP contribution >= 0.6 is 0 Å². The summed E-state index contributed by atoms with van der Waals surface area (Å²) in [4.78, 5) is 26.6. The van der Waals surface area contributed by atoms with Crippen molar-refractivity contribution in [2.75, 3.05) is 13.1 Å². The molecule has 8 nitrogen and oxygen atoms in total. The summed E-state index contributed by atoms with van der Waals surface area (Å²) in [5, 5.41) is 21.1. The van der Waals surface area contributed by atoms with Crippen LogP contribution < -0.4 is 0 Å². The van der Waals surface area contributed by atoms with Gasteiger partial charge in [-0.3, -0.25) is 9.80 Å². The lowest BCUT2D eigenvalue weighted by atomic mass is 9.95. The molecule has 2 atom stereocenters. The zero-order valence-electron chi connectivity index (χ0n) is 16.7. The average Bonchev–Trinajstić information content (AvgIpc) is 2.71. The molecule has 2 N–H and O–H groups in total. The molecule has 8 heteroatoms. The van der Waals surface area contributed by atoms with Gasteiger partial charge in [0.05, 0.1) is 0 Å². The van der Waals surface area contributed by atoms with E-state index in [-0.39, 0.29) is 0 Å². The van der Waals surface area contributed by atoms with E-state index in [1.165, 1.54) is 9.80 Å². The maximum Gasteiger partial charge on any atom is 0.412 e. The van der Waals surface area contributed by atoms with Crippen LogP contribution in [0.5, 0.6) is 0 Å². The molecule has 2 heterocycles. The van der Waals surface area contributed by atoms with Crippen molar-refractivity contribution in [2.45, 2.75) is 89.9 Å². The lowest BCUT2D eigenvalue weighted by molar-refractivity contribution is -0.128. The molecular weight excluding hydrogens is 340 g/mol. The van der Waals surface area contributed by atoms with Crippen LogP contribution in [0.1, 0.15) is 67.2 Å². The molecule has 0 spiro atoms. The summed E-state index contributed by atoms with van der Waals surface area (Å²) in [6, 6.07) is 0. The minimum Gasteiger partial charge on any atom is -0.438 e. The van der Waals surface area contributed by atoms with Gasteiger partial charge in [0.15, 0.2) is 22.7 Å². The number of aliphatic hydroxyl groups is 2. The van der Waals surface area contributed by atoms with Crippen molar-refractivity contribution in [2.24, 2.45) is 0 Å². The molecule has 2 aliphatic heterocycles. The summed E-state index contributed by atoms with van der Waals surface area (Å²) in [5.41, 5.74) is -4.57. The molecule has 2 rings (SSSR count). The van der Waals surface area contributed by atoms with Crippen LogP contribution in [0.2, 0.25) is 0 Å². The Labute approximate surface area is 155 Å². The summed E-state index contributed by atoms with van der Waals surface area (Å²) < 4.78 is 10.5. The van der Waals surface area contributed by atoms with Crippen molar-refractivity contribution >= 4 is 12.2 Å². The topological polar surface area (TPSA) is 99.5 Å². The van der Waals surface area contributed by atoms with Crippen LogP contribution in [0.15, 0.2) is 0 Å². The van der Waals surface area contributed by atoms with Gasteiger partial charge in [0.1, 0.15) is 0 Å². The van der Waals surface area contributed by atoms with Gasteiger partial charge in [0.2, 0.25) is 0 Å². The van der Waals surface area contributed by atoms with E-state index >= 15 is 0 Å². The minimum absolute atomic E-state index is 0.408. The second-order valence-electron chi connectivity index (χ2n) is 8.52. The average molecular weight is 372 g/mol. The maximum absolute atomic E-state index is 11.9. The van der Waals surface area contributed by atoms with Crippen molar-refractivity contribution in [3.63, 3.8) is 0 Å². The van der Waals surface area contributed by atoms with Crippen molar-refractivity contribution in [3.8, 4) is 0 Å². The number of carbonyl (C=O) groups is 2. The molecule has 0 saturated carbocycles. The zero-order valence-corrected chi connectivity index (χ0v) is 16.7. The third-order valence-corrected chi connectivity index (χ3v) is 5.97. The molecule has 2 fully saturated rings. The smallest absolute Gasteiger partial charge is 0.412 e. The standard InChI is InChI=1S/C18H32N2O6/c1-15(2)17(5,23)19(13(21)25-15)11-9-7-8-10-12-20-14(22)26-16(3,4)18(20,6)24/h23-24H,7-12H2,1-6H3/t17-,18-/m0/s1. The van der Waals surface area contributed by atoms with E-state index in [1.807, 2.05) is 0 Å². The van der Waals surface area contributed by atoms with E-state index in [2.05, 4.69) is 0 Å². The Balaban J connectivity index is 1.74. The zero-order chi connectivity index (χ0) is 20.0. The molecule has 0 aromatic heterocycles. The fourth-order valence-corrected chi connectivity index (χ4v) is 3.26. The Bertz CT molecular complexity index is 520. The van der Waals surface area contributed by atoms with Gasteiger partial charge < -0.3 is 19.7 Å². The Morgan fingerprint density at radius 1 is 0.692 bits per heavy atom. The molecule has 2 saturated heterocycles. The van der Waals surface area contributed by atoms with E-state index in [0.29, 0.717) is 25.9 Å². The number of unbranched alkanes of at least 4 members (excludes halogenated alkanes) is 3. The quantitative estimate of drug-likeness (QED) is 0.666. The van der Waals surface area contributed by atoms with Gasteiger partial charge in [-0.1, -0.05) is 12.8 Å². The van der Waals surface area contributed by atoms with Gasteiger partial charge in [-0.05, 0) is 54.4 Å². The Morgan fingerprint density at radius 2 is 1.00 bits per heavy atom. The first-order chi connectivity index (χ1) is 11.7. The first-order valence-corrected chi connectivity index (χ1v) is 9.20. The van der Waals surface area contributed by atoms with Gasteiger partial charge in [-0.25, -0.2) is 9.59 Å². The summed E-state index contributed by atoms with van der Waals surface area (Å²) in [7, 11) is 0. The fraction of sp³-hybridized carbons (Fsp3) is 0.889. The van der Waals surface area contributed by atoms with Crippen LogP contribution in [0.4, 0.5) is 9.59 Å². The number of hydrogen-bond acceptors (Lipinski definition) is 6. The predicted molar refractivity (Wildman–Crippen MR) is 94.2 cm³/mol. The Hall–Kier alpha value is -1.54. The highest BCUT2D eigenvalue weighted by atomic mass is 16.6. The molecule has 2 aliphatic rings. The number of amides is 2. The van der Waals surface area contributed by atoms with Gasteiger partial charge >= 0.3 is 12.2 Å². The number of ether oxygens (including phenoxy) is 2. The maximum atomic E-state index is 11.9. The van der Waals surface area contributed by atoms with Gasteiger partial charge in [-0.15, -0.1) is 0 Å². The largest absolute Gasteiger partial charge is 0.438 e. The highest BCUT2D eigenvalue weighted by molar-refractivity contribution is 5.72. The molecule has 0 radical (unpaired) electrons. The minimum atomic E-state index is -1.34. The summed E-state index contributed by atoms with van der Waals surface area (Å²) in [6.45, 7) is 10.7. The van der Waals surface area contributed by atoms with Crippen LogP contribution in [-0.4, -0.2) is 67.9 Å². The SMILES string of the molecule is CC1(C)OC(=O)N(CCCCCCN2C(=O)OC(C)(C)[C@]2(C)O)[C@@]1(C)O. The molecule has 0 aliphatic carbocycles. The highest BCUT2D eigenvalue weighted by Crippen LogP contribution is 2.38. The van der Waals surface area contributed by atoms with E-state index in [9.17, 15) is 19.8 Å². The van der Waals surface area contributed by atoms with E-state index < -0.39 is 34.8 Å². The second kappa shape index (κ2) is 6.56. The van der Waals surface area contributed by atoms with E-state index in [4.69, 9.17) is 9.47 Å². The number of rotatable bonds is 7. The lowest BCUT2D eigenvalue weighted by Gasteiger charge is -2.35. The lowest BCUT2D eigenvalue weighted by Crippen LogP contribution is -2.53. The van der Waals surface area contributed by atoms with Crippen LogP contribution in [-0.2, 0) is 9.47 Å². The van der Waals surface area contributed by atoms with Crippen LogP contribution in [0.25, 0.3) is 0 Å². The summed E-state index contributed by atoms with van der Waals surface area (Å²) >= 11 is 0. The summed E-state index contributed by atoms with van der Waals surface area (Å²) in [6.07, 6.45) is 2.08. The Kier molecular flexibility index (Phi) is 5.24. The van der Waals surface area contributed by atoms with Gasteiger partial charge in [0.25, 0.3) is 0 Å². The first kappa shape index (κ1) is 20.8. The fourth-order valence-electron chi connectivity index (χ4n) is 3.26. The van der Waals surface area contributed by atoms with Gasteiger partial charge in [-0.2, -0.15) is 0 Å². The normalized spacial score (nSPS) is 32.8. The molecule has 0 bridgehead atoms. The van der Waals surface area contributed by atoms with Crippen molar-refractivity contribution in [1.29, 1.82) is 0 Å². The van der Waals surface area contributed by atoms with Crippen molar-refractivity contribution < 1.29 is 29.3 Å². The number of hydrogen-bond donors (Lipinski definition) is 2. The third-order valence-electron chi connectivity index (χ3n) is 5.97. The number of cyclic esters (lactones) is 2. The monoisotopic (exact) mass is 372 g/mol. The van der Waals surface area contributed by atoms with Gasteiger partial charge in [0, 0.05) is 13.1 Å². The second-order valence-corrected chi connectivity index (χ2v) is 8.52. The summed E-state index contributed by atoms with van der Waals surface area (Å²) in [5.74, 6) is 0. The molecule has 2 amide bonds. The molecule has 150 valence electrons. The molecule has 0 unspecified atom stereocenters.